The van der Waals surface area contributed by atoms with Crippen LogP contribution in [0.25, 0.3) is 28.2 Å². The number of anilines is 1. The number of carbonyl (C=O) groups is 1. The summed E-state index contributed by atoms with van der Waals surface area (Å²) in [5.41, 5.74) is 2.26. The number of aromatic nitrogens is 4. The zero-order valence-corrected chi connectivity index (χ0v) is 20.6. The van der Waals surface area contributed by atoms with Crippen molar-refractivity contribution in [2.45, 2.75) is 37.6 Å². The van der Waals surface area contributed by atoms with Gasteiger partial charge < -0.3 is 5.32 Å². The summed E-state index contributed by atoms with van der Waals surface area (Å²) >= 11 is 6.33. The Labute approximate surface area is 206 Å². The molecule has 1 aliphatic carbocycles. The van der Waals surface area contributed by atoms with Crippen LogP contribution in [-0.2, 0) is 14.6 Å². The van der Waals surface area contributed by atoms with Gasteiger partial charge in [0.2, 0.25) is 5.91 Å². The van der Waals surface area contributed by atoms with Crippen molar-refractivity contribution >= 4 is 38.7 Å². The molecular weight excluding hydrogens is 490 g/mol. The van der Waals surface area contributed by atoms with E-state index in [1.165, 1.54) is 22.1 Å². The molecule has 9 nitrogen and oxygen atoms in total. The lowest BCUT2D eigenvalue weighted by molar-refractivity contribution is -0.114. The number of rotatable bonds is 6. The number of nitrogens with zero attached hydrogens (tertiary/aromatic N) is 4. The monoisotopic (exact) mass is 511 g/mol. The maximum Gasteiger partial charge on any atom is 0.335 e. The number of sulfone groups is 1. The first-order valence-corrected chi connectivity index (χ1v) is 13.1. The highest BCUT2D eigenvalue weighted by molar-refractivity contribution is 7.91. The Morgan fingerprint density at radius 2 is 1.97 bits per heavy atom. The van der Waals surface area contributed by atoms with Gasteiger partial charge in [-0.3, -0.25) is 18.7 Å². The second-order valence-electron chi connectivity index (χ2n) is 8.44. The molecule has 1 saturated carbocycles. The summed E-state index contributed by atoms with van der Waals surface area (Å²) in [4.78, 5) is 33.4. The predicted octanol–water partition coefficient (Wildman–Crippen LogP) is 3.97. The maximum absolute atomic E-state index is 13.1. The minimum atomic E-state index is -3.69. The maximum atomic E-state index is 13.1. The Bertz CT molecular complexity index is 1650. The Kier molecular flexibility index (Phi) is 5.72. The third kappa shape index (κ3) is 4.35. The second kappa shape index (κ2) is 8.62. The zero-order chi connectivity index (χ0) is 24.9. The molecule has 0 atom stereocenters. The fourth-order valence-corrected chi connectivity index (χ4v) is 5.35. The number of amides is 1. The van der Waals surface area contributed by atoms with Crippen LogP contribution in [0, 0.1) is 0 Å². The molecule has 11 heteroatoms. The molecule has 35 heavy (non-hydrogen) atoms. The van der Waals surface area contributed by atoms with Gasteiger partial charge in [0.25, 0.3) is 0 Å². The number of fused-ring (bicyclic) bond motifs is 1. The topological polar surface area (TPSA) is 115 Å². The van der Waals surface area contributed by atoms with Gasteiger partial charge in [-0.25, -0.2) is 18.2 Å². The number of benzene rings is 1. The minimum absolute atomic E-state index is 0.0134. The van der Waals surface area contributed by atoms with E-state index in [2.05, 4.69) is 15.3 Å². The average Bonchev–Trinajstić information content (AvgIpc) is 3.56. The van der Waals surface area contributed by atoms with Crippen molar-refractivity contribution in [2.75, 3.05) is 11.1 Å². The molecule has 0 saturated heterocycles. The number of pyridine rings is 1. The van der Waals surface area contributed by atoms with Gasteiger partial charge in [0, 0.05) is 42.7 Å². The molecular formula is C24H22ClN5O4S. The molecule has 0 spiro atoms. The quantitative estimate of drug-likeness (QED) is 0.392. The summed E-state index contributed by atoms with van der Waals surface area (Å²) in [5.74, 6) is -0.345. The van der Waals surface area contributed by atoms with Gasteiger partial charge in [0.15, 0.2) is 9.84 Å². The van der Waals surface area contributed by atoms with Crippen LogP contribution in [0.2, 0.25) is 5.15 Å². The highest BCUT2D eigenvalue weighted by Gasteiger charge is 2.28. The molecule has 0 radical (unpaired) electrons. The molecule has 0 bridgehead atoms. The van der Waals surface area contributed by atoms with E-state index in [9.17, 15) is 18.0 Å². The lowest BCUT2D eigenvalue weighted by atomic mass is 10.1. The number of imidazole rings is 1. The van der Waals surface area contributed by atoms with Crippen molar-refractivity contribution in [3.8, 4) is 22.5 Å². The first kappa shape index (κ1) is 23.3. The van der Waals surface area contributed by atoms with E-state index in [-0.39, 0.29) is 39.7 Å². The van der Waals surface area contributed by atoms with E-state index >= 15 is 0 Å². The van der Waals surface area contributed by atoms with Gasteiger partial charge in [-0.15, -0.1) is 0 Å². The first-order chi connectivity index (χ1) is 16.7. The van der Waals surface area contributed by atoms with E-state index in [1.807, 2.05) is 0 Å². The third-order valence-electron chi connectivity index (χ3n) is 5.86. The fourth-order valence-electron chi connectivity index (χ4n) is 3.98. The van der Waals surface area contributed by atoms with Crippen molar-refractivity contribution in [1.29, 1.82) is 0 Å². The number of halogens is 1. The van der Waals surface area contributed by atoms with Gasteiger partial charge in [0.05, 0.1) is 10.6 Å². The molecule has 3 heterocycles. The lowest BCUT2D eigenvalue weighted by Gasteiger charge is -2.11. The number of hydrogen-bond acceptors (Lipinski definition) is 6. The van der Waals surface area contributed by atoms with Crippen molar-refractivity contribution in [1.82, 2.24) is 18.9 Å². The fraction of sp³-hybridized carbons (Fsp3) is 0.250. The van der Waals surface area contributed by atoms with Crippen LogP contribution in [0.3, 0.4) is 0 Å². The van der Waals surface area contributed by atoms with E-state index in [1.54, 1.807) is 49.5 Å². The van der Waals surface area contributed by atoms with Crippen molar-refractivity contribution in [2.24, 2.45) is 0 Å². The van der Waals surface area contributed by atoms with E-state index in [4.69, 9.17) is 11.6 Å². The Morgan fingerprint density at radius 1 is 1.20 bits per heavy atom. The van der Waals surface area contributed by atoms with Crippen LogP contribution in [0.15, 0.2) is 58.5 Å². The minimum Gasteiger partial charge on any atom is -0.326 e. The van der Waals surface area contributed by atoms with E-state index < -0.39 is 9.84 Å². The van der Waals surface area contributed by atoms with Gasteiger partial charge in [-0.2, -0.15) is 0 Å². The van der Waals surface area contributed by atoms with Gasteiger partial charge in [-0.05, 0) is 36.6 Å². The van der Waals surface area contributed by atoms with Gasteiger partial charge in [-0.1, -0.05) is 30.7 Å². The normalized spacial score (nSPS) is 13.8. The van der Waals surface area contributed by atoms with Crippen LogP contribution >= 0.6 is 11.6 Å². The van der Waals surface area contributed by atoms with Crippen molar-refractivity contribution < 1.29 is 13.2 Å². The standard InChI is InChI=1S/C24H22ClN5O4S/c1-3-35(33,34)20-10-16(15-5-4-6-17(9-15)27-14(2)31)12-26-23(20)19-13-29-22(28-19)11-21(25)30(24(29)32)18-7-8-18/h4-6,9-13,18H,3,7-8H2,1-2H3,(H,27,31). The lowest BCUT2D eigenvalue weighted by Crippen LogP contribution is -2.25. The molecule has 0 unspecified atom stereocenters. The highest BCUT2D eigenvalue weighted by Crippen LogP contribution is 2.36. The third-order valence-corrected chi connectivity index (χ3v) is 7.90. The molecule has 1 amide bonds. The average molecular weight is 512 g/mol. The van der Waals surface area contributed by atoms with Crippen molar-refractivity contribution in [3.63, 3.8) is 0 Å². The Morgan fingerprint density at radius 3 is 2.66 bits per heavy atom. The van der Waals surface area contributed by atoms with Crippen LogP contribution in [0.5, 0.6) is 0 Å². The molecule has 5 rings (SSSR count). The Hall–Kier alpha value is -3.50. The molecule has 0 aliphatic heterocycles. The van der Waals surface area contributed by atoms with Crippen LogP contribution in [-0.4, -0.2) is 39.0 Å². The van der Waals surface area contributed by atoms with Gasteiger partial charge >= 0.3 is 5.69 Å². The molecule has 3 aromatic heterocycles. The number of carbonyl (C=O) groups excluding carboxylic acids is 1. The summed E-state index contributed by atoms with van der Waals surface area (Å²) in [5, 5.41) is 3.01. The molecule has 180 valence electrons. The first-order valence-electron chi connectivity index (χ1n) is 11.1. The largest absolute Gasteiger partial charge is 0.335 e. The van der Waals surface area contributed by atoms with E-state index in [0.29, 0.717) is 27.6 Å². The summed E-state index contributed by atoms with van der Waals surface area (Å²) < 4.78 is 29.0. The summed E-state index contributed by atoms with van der Waals surface area (Å²) in [6, 6.07) is 10.3. The van der Waals surface area contributed by atoms with E-state index in [0.717, 1.165) is 12.8 Å². The summed E-state index contributed by atoms with van der Waals surface area (Å²) in [6.07, 6.45) is 4.83. The van der Waals surface area contributed by atoms with Crippen LogP contribution in [0.4, 0.5) is 5.69 Å². The van der Waals surface area contributed by atoms with Crippen molar-refractivity contribution in [3.05, 3.63) is 64.4 Å². The molecule has 1 aliphatic rings. The number of hydrogen-bond donors (Lipinski definition) is 1. The predicted molar refractivity (Wildman–Crippen MR) is 133 cm³/mol. The summed E-state index contributed by atoms with van der Waals surface area (Å²) in [7, 11) is -3.69. The number of nitrogens with one attached hydrogen (secondary N) is 1. The zero-order valence-electron chi connectivity index (χ0n) is 19.0. The van der Waals surface area contributed by atoms with Crippen LogP contribution in [0.1, 0.15) is 32.7 Å². The Balaban J connectivity index is 1.66. The molecule has 4 aromatic rings. The summed E-state index contributed by atoms with van der Waals surface area (Å²) in [6.45, 7) is 2.97. The van der Waals surface area contributed by atoms with Crippen LogP contribution < -0.4 is 11.0 Å². The molecule has 1 N–H and O–H groups in total. The van der Waals surface area contributed by atoms with Gasteiger partial charge in [0.1, 0.15) is 22.2 Å². The SMILES string of the molecule is CCS(=O)(=O)c1cc(-c2cccc(NC(C)=O)c2)cnc1-c1cn2c(=O)n(C3CC3)c(Cl)cc2n1. The molecule has 1 fully saturated rings. The molecule has 1 aromatic carbocycles. The second-order valence-corrected chi connectivity index (χ2v) is 11.1. The highest BCUT2D eigenvalue weighted by atomic mass is 35.5. The smallest absolute Gasteiger partial charge is 0.326 e.